The molecule has 0 bridgehead atoms. The molecule has 0 saturated heterocycles. The number of hydrogen-bond acceptors (Lipinski definition) is 5. The van der Waals surface area contributed by atoms with Crippen molar-refractivity contribution in [2.45, 2.75) is 32.2 Å². The summed E-state index contributed by atoms with van der Waals surface area (Å²) in [6.07, 6.45) is 7.26. The maximum atomic E-state index is 12.5. The third-order valence-corrected chi connectivity index (χ3v) is 4.47. The number of dihydropyridines is 1. The van der Waals surface area contributed by atoms with Gasteiger partial charge < -0.3 is 16.1 Å². The van der Waals surface area contributed by atoms with E-state index in [0.29, 0.717) is 11.3 Å². The molecule has 0 saturated carbocycles. The van der Waals surface area contributed by atoms with Crippen molar-refractivity contribution in [1.82, 2.24) is 21.5 Å². The van der Waals surface area contributed by atoms with Gasteiger partial charge in [-0.25, -0.2) is 10.4 Å². The molecule has 7 nitrogen and oxygen atoms in total. The van der Waals surface area contributed by atoms with Crippen LogP contribution in [-0.2, 0) is 10.2 Å². The Hall–Kier alpha value is -3.19. The zero-order valence-electron chi connectivity index (χ0n) is 16.5. The summed E-state index contributed by atoms with van der Waals surface area (Å²) in [5.41, 5.74) is 8.12. The molecule has 2 aliphatic heterocycles. The van der Waals surface area contributed by atoms with Crippen LogP contribution in [0.2, 0.25) is 0 Å². The number of nitrogens with zero attached hydrogens (tertiary/aromatic N) is 1. The highest BCUT2D eigenvalue weighted by atomic mass is 16.2. The van der Waals surface area contributed by atoms with Gasteiger partial charge in [0.05, 0.1) is 6.04 Å². The highest BCUT2D eigenvalue weighted by Gasteiger charge is 2.26. The summed E-state index contributed by atoms with van der Waals surface area (Å²) in [5.74, 6) is -0.0548. The second kappa shape index (κ2) is 7.82. The number of carbonyl (C=O) groups is 2. The van der Waals surface area contributed by atoms with Crippen molar-refractivity contribution in [2.24, 2.45) is 4.99 Å². The van der Waals surface area contributed by atoms with Crippen LogP contribution < -0.4 is 21.5 Å². The van der Waals surface area contributed by atoms with Crippen LogP contribution in [0.5, 0.6) is 0 Å². The van der Waals surface area contributed by atoms with E-state index in [0.717, 1.165) is 11.4 Å². The minimum atomic E-state index is -0.437. The van der Waals surface area contributed by atoms with Crippen LogP contribution in [0.4, 0.5) is 0 Å². The van der Waals surface area contributed by atoms with Crippen molar-refractivity contribution in [3.05, 3.63) is 71.2 Å². The van der Waals surface area contributed by atoms with Gasteiger partial charge in [-0.3, -0.25) is 9.59 Å². The normalized spacial score (nSPS) is 20.4. The van der Waals surface area contributed by atoms with Crippen LogP contribution in [0.3, 0.4) is 0 Å². The zero-order valence-corrected chi connectivity index (χ0v) is 16.5. The first-order chi connectivity index (χ1) is 13.3. The monoisotopic (exact) mass is 379 g/mol. The molecule has 0 radical (unpaired) electrons. The molecule has 7 heteroatoms. The van der Waals surface area contributed by atoms with E-state index >= 15 is 0 Å². The number of hydrazine groups is 1. The molecule has 2 amide bonds. The van der Waals surface area contributed by atoms with Gasteiger partial charge in [0.2, 0.25) is 0 Å². The van der Waals surface area contributed by atoms with Crippen LogP contribution in [-0.4, -0.2) is 30.6 Å². The second-order valence-electron chi connectivity index (χ2n) is 7.65. The molecule has 4 N–H and O–H groups in total. The van der Waals surface area contributed by atoms with Crippen molar-refractivity contribution >= 4 is 17.5 Å². The summed E-state index contributed by atoms with van der Waals surface area (Å²) < 4.78 is 0. The average Bonchev–Trinajstić information content (AvgIpc) is 3.02. The summed E-state index contributed by atoms with van der Waals surface area (Å²) >= 11 is 0. The molecule has 28 heavy (non-hydrogen) atoms. The molecule has 0 aliphatic carbocycles. The predicted molar refractivity (Wildman–Crippen MR) is 109 cm³/mol. The number of hydrogen-bond donors (Lipinski definition) is 4. The van der Waals surface area contributed by atoms with Crippen molar-refractivity contribution in [2.75, 3.05) is 7.05 Å². The maximum absolute atomic E-state index is 12.5. The third-order valence-electron chi connectivity index (χ3n) is 4.47. The van der Waals surface area contributed by atoms with E-state index < -0.39 is 5.91 Å². The highest BCUT2D eigenvalue weighted by Crippen LogP contribution is 2.22. The summed E-state index contributed by atoms with van der Waals surface area (Å²) in [7, 11) is 1.76. The highest BCUT2D eigenvalue weighted by molar-refractivity contribution is 6.47. The molecule has 0 aromatic heterocycles. The number of benzene rings is 1. The molecule has 2 aliphatic rings. The fourth-order valence-electron chi connectivity index (χ4n) is 2.90. The van der Waals surface area contributed by atoms with Crippen molar-refractivity contribution in [3.8, 4) is 0 Å². The minimum absolute atomic E-state index is 0.00636. The third kappa shape index (κ3) is 4.37. The molecule has 1 aromatic carbocycles. The van der Waals surface area contributed by atoms with E-state index in [1.807, 2.05) is 30.4 Å². The number of allylic oxidation sites excluding steroid dienone is 2. The molecule has 2 heterocycles. The van der Waals surface area contributed by atoms with E-state index in [-0.39, 0.29) is 23.1 Å². The van der Waals surface area contributed by atoms with Gasteiger partial charge in [-0.15, -0.1) is 0 Å². The summed E-state index contributed by atoms with van der Waals surface area (Å²) in [4.78, 5) is 28.7. The SMILES string of the molecule is CNNC1=CC=CC(C2=CC(=NC(=O)c3ccc(C(C)(C)C)cc3)C(=O)N2)N1. The molecular formula is C21H25N5O2. The predicted octanol–water partition coefficient (Wildman–Crippen LogP) is 1.67. The first-order valence-electron chi connectivity index (χ1n) is 9.12. The van der Waals surface area contributed by atoms with Gasteiger partial charge in [-0.05, 0) is 35.3 Å². The van der Waals surface area contributed by atoms with Crippen LogP contribution in [0.1, 0.15) is 36.7 Å². The Bertz CT molecular complexity index is 902. The Kier molecular flexibility index (Phi) is 5.46. The summed E-state index contributed by atoms with van der Waals surface area (Å²) in [6.45, 7) is 6.33. The Morgan fingerprint density at radius 1 is 1.18 bits per heavy atom. The Labute approximate surface area is 164 Å². The first-order valence-corrected chi connectivity index (χ1v) is 9.12. The lowest BCUT2D eigenvalue weighted by Crippen LogP contribution is -2.43. The molecular weight excluding hydrogens is 354 g/mol. The Morgan fingerprint density at radius 2 is 1.89 bits per heavy atom. The number of aliphatic imine (C=N–C) groups is 1. The van der Waals surface area contributed by atoms with Gasteiger partial charge in [0.25, 0.3) is 11.8 Å². The van der Waals surface area contributed by atoms with Crippen LogP contribution >= 0.6 is 0 Å². The minimum Gasteiger partial charge on any atom is -0.359 e. The number of rotatable bonds is 4. The largest absolute Gasteiger partial charge is 0.359 e. The molecule has 1 aromatic rings. The maximum Gasteiger partial charge on any atom is 0.277 e. The molecule has 1 unspecified atom stereocenters. The Morgan fingerprint density at radius 3 is 2.54 bits per heavy atom. The fourth-order valence-corrected chi connectivity index (χ4v) is 2.90. The van der Waals surface area contributed by atoms with Crippen LogP contribution in [0.15, 0.2) is 65.1 Å². The van der Waals surface area contributed by atoms with Gasteiger partial charge in [0, 0.05) is 18.3 Å². The lowest BCUT2D eigenvalue weighted by Gasteiger charge is -2.22. The zero-order chi connectivity index (χ0) is 20.3. The standard InChI is InChI=1S/C21H25N5O2/c1-21(2,3)14-10-8-13(9-11-14)19(27)25-17-12-16(24-20(17)28)15-6-5-7-18(23-15)26-22-4/h5-12,15,22-23,26H,1-4H3,(H,24,25,27,28). The molecule has 1 atom stereocenters. The van der Waals surface area contributed by atoms with Gasteiger partial charge in [-0.1, -0.05) is 45.1 Å². The van der Waals surface area contributed by atoms with Crippen LogP contribution in [0, 0.1) is 0 Å². The van der Waals surface area contributed by atoms with Crippen molar-refractivity contribution < 1.29 is 9.59 Å². The van der Waals surface area contributed by atoms with E-state index in [9.17, 15) is 9.59 Å². The quantitative estimate of drug-likeness (QED) is 0.597. The lowest BCUT2D eigenvalue weighted by molar-refractivity contribution is -0.113. The first kappa shape index (κ1) is 19.6. The van der Waals surface area contributed by atoms with Crippen LogP contribution in [0.25, 0.3) is 0 Å². The number of carbonyl (C=O) groups excluding carboxylic acids is 2. The number of nitrogens with one attached hydrogen (secondary N) is 4. The fraction of sp³-hybridized carbons (Fsp3) is 0.286. The van der Waals surface area contributed by atoms with E-state index in [1.165, 1.54) is 0 Å². The van der Waals surface area contributed by atoms with E-state index in [4.69, 9.17) is 0 Å². The van der Waals surface area contributed by atoms with Gasteiger partial charge in [-0.2, -0.15) is 0 Å². The Balaban J connectivity index is 1.75. The smallest absolute Gasteiger partial charge is 0.277 e. The molecule has 0 spiro atoms. The van der Waals surface area contributed by atoms with Crippen molar-refractivity contribution in [3.63, 3.8) is 0 Å². The topological polar surface area (TPSA) is 94.6 Å². The second-order valence-corrected chi connectivity index (χ2v) is 7.65. The van der Waals surface area contributed by atoms with E-state index in [1.54, 1.807) is 25.3 Å². The van der Waals surface area contributed by atoms with E-state index in [2.05, 4.69) is 47.2 Å². The molecule has 0 fully saturated rings. The summed E-state index contributed by atoms with van der Waals surface area (Å²) in [5, 5.41) is 5.99. The molecule has 3 rings (SSSR count). The van der Waals surface area contributed by atoms with Gasteiger partial charge in [0.15, 0.2) is 0 Å². The van der Waals surface area contributed by atoms with Gasteiger partial charge in [0.1, 0.15) is 11.5 Å². The van der Waals surface area contributed by atoms with Crippen molar-refractivity contribution in [1.29, 1.82) is 0 Å². The average molecular weight is 379 g/mol. The number of amides is 2. The lowest BCUT2D eigenvalue weighted by atomic mass is 9.87. The van der Waals surface area contributed by atoms with Gasteiger partial charge >= 0.3 is 0 Å². The molecule has 146 valence electrons. The summed E-state index contributed by atoms with van der Waals surface area (Å²) in [6, 6.07) is 7.11.